The summed E-state index contributed by atoms with van der Waals surface area (Å²) < 4.78 is 13.3. The van der Waals surface area contributed by atoms with Gasteiger partial charge in [0.05, 0.1) is 11.6 Å². The van der Waals surface area contributed by atoms with E-state index in [1.807, 2.05) is 13.0 Å². The van der Waals surface area contributed by atoms with Crippen LogP contribution in [0.15, 0.2) is 18.2 Å². The Labute approximate surface area is 100 Å². The van der Waals surface area contributed by atoms with Crippen molar-refractivity contribution in [1.29, 1.82) is 5.26 Å². The molecule has 0 unspecified atom stereocenters. The molecule has 3 nitrogen and oxygen atoms in total. The van der Waals surface area contributed by atoms with Gasteiger partial charge in [-0.3, -0.25) is 4.79 Å². The first-order valence-electron chi connectivity index (χ1n) is 5.56. The average molecular weight is 234 g/mol. The van der Waals surface area contributed by atoms with Crippen LogP contribution in [0.1, 0.15) is 35.2 Å². The molecule has 0 saturated heterocycles. The van der Waals surface area contributed by atoms with Gasteiger partial charge in [-0.15, -0.1) is 0 Å². The molecule has 0 spiro atoms. The van der Waals surface area contributed by atoms with Crippen LogP contribution in [-0.4, -0.2) is 12.5 Å². The zero-order valence-corrected chi connectivity index (χ0v) is 9.79. The molecule has 1 rings (SSSR count). The van der Waals surface area contributed by atoms with Crippen molar-refractivity contribution < 1.29 is 9.18 Å². The first-order chi connectivity index (χ1) is 8.15. The van der Waals surface area contributed by atoms with Gasteiger partial charge in [-0.1, -0.05) is 11.6 Å². The Hall–Kier alpha value is -1.89. The number of unbranched alkanes of at least 4 members (excludes halogenated alkanes) is 2. The van der Waals surface area contributed by atoms with Gasteiger partial charge in [0.15, 0.2) is 0 Å². The first kappa shape index (κ1) is 13.2. The Balaban J connectivity index is 2.47. The van der Waals surface area contributed by atoms with Crippen LogP contribution in [0.5, 0.6) is 0 Å². The van der Waals surface area contributed by atoms with E-state index in [2.05, 4.69) is 5.32 Å². The number of nitrogens with zero attached hydrogens (tertiary/aromatic N) is 1. The van der Waals surface area contributed by atoms with E-state index in [9.17, 15) is 9.18 Å². The highest BCUT2D eigenvalue weighted by atomic mass is 19.1. The number of aryl methyl sites for hydroxylation is 1. The summed E-state index contributed by atoms with van der Waals surface area (Å²) in [5.74, 6) is -0.909. The van der Waals surface area contributed by atoms with E-state index in [1.54, 1.807) is 6.07 Å². The normalized spacial score (nSPS) is 9.71. The van der Waals surface area contributed by atoms with Gasteiger partial charge < -0.3 is 5.32 Å². The van der Waals surface area contributed by atoms with Crippen LogP contribution in [0.2, 0.25) is 0 Å². The summed E-state index contributed by atoms with van der Waals surface area (Å²) in [4.78, 5) is 11.6. The maximum atomic E-state index is 13.3. The van der Waals surface area contributed by atoms with Crippen LogP contribution in [0.4, 0.5) is 4.39 Å². The van der Waals surface area contributed by atoms with Crippen molar-refractivity contribution in [2.24, 2.45) is 0 Å². The van der Waals surface area contributed by atoms with Gasteiger partial charge in [0.25, 0.3) is 5.91 Å². The number of rotatable bonds is 5. The Bertz CT molecular complexity index is 438. The number of carbonyl (C=O) groups excluding carboxylic acids is 1. The molecular formula is C13H15FN2O. The molecule has 0 heterocycles. The second-order valence-electron chi connectivity index (χ2n) is 3.85. The summed E-state index contributed by atoms with van der Waals surface area (Å²) in [6, 6.07) is 6.47. The number of halogens is 1. The molecule has 1 aromatic rings. The predicted molar refractivity (Wildman–Crippen MR) is 62.9 cm³/mol. The second kappa shape index (κ2) is 6.64. The first-order valence-corrected chi connectivity index (χ1v) is 5.56. The third-order valence-corrected chi connectivity index (χ3v) is 2.37. The van der Waals surface area contributed by atoms with E-state index in [4.69, 9.17) is 5.26 Å². The fraction of sp³-hybridized carbons (Fsp3) is 0.385. The molecule has 1 amide bonds. The molecule has 1 N–H and O–H groups in total. The van der Waals surface area contributed by atoms with Gasteiger partial charge in [0.1, 0.15) is 5.82 Å². The van der Waals surface area contributed by atoms with Gasteiger partial charge in [0.2, 0.25) is 0 Å². The summed E-state index contributed by atoms with van der Waals surface area (Å²) in [7, 11) is 0. The van der Waals surface area contributed by atoms with Crippen LogP contribution in [-0.2, 0) is 0 Å². The Morgan fingerprint density at radius 3 is 2.94 bits per heavy atom. The highest BCUT2D eigenvalue weighted by Gasteiger charge is 2.10. The van der Waals surface area contributed by atoms with E-state index in [0.717, 1.165) is 18.4 Å². The number of carbonyl (C=O) groups is 1. The third kappa shape index (κ3) is 4.23. The van der Waals surface area contributed by atoms with Crippen LogP contribution in [0.25, 0.3) is 0 Å². The molecule has 1 aromatic carbocycles. The summed E-state index contributed by atoms with van der Waals surface area (Å²) in [6.07, 6.45) is 1.95. The molecule has 0 fully saturated rings. The largest absolute Gasteiger partial charge is 0.352 e. The van der Waals surface area contributed by atoms with E-state index < -0.39 is 11.7 Å². The molecule has 0 atom stereocenters. The maximum Gasteiger partial charge on any atom is 0.254 e. The van der Waals surface area contributed by atoms with E-state index in [-0.39, 0.29) is 5.56 Å². The standard InChI is InChI=1S/C13H15FN2O/c1-10-5-6-12(14)11(9-10)13(17)16-8-4-2-3-7-15/h5-6,9H,2-4,8H2,1H3,(H,16,17). The van der Waals surface area contributed by atoms with Crippen LogP contribution in [0, 0.1) is 24.1 Å². The van der Waals surface area contributed by atoms with Crippen molar-refractivity contribution >= 4 is 5.91 Å². The number of hydrogen-bond acceptors (Lipinski definition) is 2. The van der Waals surface area contributed by atoms with Crippen molar-refractivity contribution in [1.82, 2.24) is 5.32 Å². The van der Waals surface area contributed by atoms with Gasteiger partial charge >= 0.3 is 0 Å². The van der Waals surface area contributed by atoms with E-state index >= 15 is 0 Å². The molecule has 0 radical (unpaired) electrons. The Morgan fingerprint density at radius 2 is 2.24 bits per heavy atom. The summed E-state index contributed by atoms with van der Waals surface area (Å²) in [5, 5.41) is 11.0. The predicted octanol–water partition coefficient (Wildman–Crippen LogP) is 2.56. The van der Waals surface area contributed by atoms with E-state index in [0.29, 0.717) is 13.0 Å². The van der Waals surface area contributed by atoms with E-state index in [1.165, 1.54) is 12.1 Å². The third-order valence-electron chi connectivity index (χ3n) is 2.37. The number of nitriles is 1. The molecule has 0 saturated carbocycles. The minimum absolute atomic E-state index is 0.0743. The Morgan fingerprint density at radius 1 is 1.47 bits per heavy atom. The molecule has 0 bridgehead atoms. The van der Waals surface area contributed by atoms with Crippen molar-refractivity contribution in [3.63, 3.8) is 0 Å². The zero-order chi connectivity index (χ0) is 12.7. The molecular weight excluding hydrogens is 219 g/mol. The minimum Gasteiger partial charge on any atom is -0.352 e. The lowest BCUT2D eigenvalue weighted by atomic mass is 10.1. The van der Waals surface area contributed by atoms with Crippen LogP contribution >= 0.6 is 0 Å². The molecule has 0 aliphatic carbocycles. The monoisotopic (exact) mass is 234 g/mol. The smallest absolute Gasteiger partial charge is 0.254 e. The number of hydrogen-bond donors (Lipinski definition) is 1. The fourth-order valence-corrected chi connectivity index (χ4v) is 1.44. The molecule has 0 aliphatic heterocycles. The van der Waals surface area contributed by atoms with Crippen molar-refractivity contribution in [3.8, 4) is 6.07 Å². The average Bonchev–Trinajstić information content (AvgIpc) is 2.32. The number of benzene rings is 1. The summed E-state index contributed by atoms with van der Waals surface area (Å²) in [5.41, 5.74) is 0.923. The zero-order valence-electron chi connectivity index (χ0n) is 9.79. The topological polar surface area (TPSA) is 52.9 Å². The van der Waals surface area contributed by atoms with Gasteiger partial charge in [-0.05, 0) is 31.9 Å². The van der Waals surface area contributed by atoms with Crippen molar-refractivity contribution in [3.05, 3.63) is 35.1 Å². The highest BCUT2D eigenvalue weighted by molar-refractivity contribution is 5.94. The minimum atomic E-state index is -0.509. The second-order valence-corrected chi connectivity index (χ2v) is 3.85. The summed E-state index contributed by atoms with van der Waals surface area (Å²) >= 11 is 0. The maximum absolute atomic E-state index is 13.3. The van der Waals surface area contributed by atoms with Crippen molar-refractivity contribution in [2.75, 3.05) is 6.54 Å². The highest BCUT2D eigenvalue weighted by Crippen LogP contribution is 2.09. The lowest BCUT2D eigenvalue weighted by Crippen LogP contribution is -2.25. The van der Waals surface area contributed by atoms with Gasteiger partial charge in [-0.25, -0.2) is 4.39 Å². The Kier molecular flexibility index (Phi) is 5.15. The lowest BCUT2D eigenvalue weighted by Gasteiger charge is -2.06. The number of amides is 1. The van der Waals surface area contributed by atoms with Crippen molar-refractivity contribution in [2.45, 2.75) is 26.2 Å². The van der Waals surface area contributed by atoms with Gasteiger partial charge in [0, 0.05) is 13.0 Å². The SMILES string of the molecule is Cc1ccc(F)c(C(=O)NCCCCC#N)c1. The fourth-order valence-electron chi connectivity index (χ4n) is 1.44. The molecule has 0 aromatic heterocycles. The molecule has 90 valence electrons. The summed E-state index contributed by atoms with van der Waals surface area (Å²) in [6.45, 7) is 2.27. The quantitative estimate of drug-likeness (QED) is 0.796. The number of nitrogens with one attached hydrogen (secondary N) is 1. The molecule has 17 heavy (non-hydrogen) atoms. The molecule has 4 heteroatoms. The lowest BCUT2D eigenvalue weighted by molar-refractivity contribution is 0.0949. The van der Waals surface area contributed by atoms with Gasteiger partial charge in [-0.2, -0.15) is 5.26 Å². The van der Waals surface area contributed by atoms with Crippen LogP contribution in [0.3, 0.4) is 0 Å². The van der Waals surface area contributed by atoms with Crippen LogP contribution < -0.4 is 5.32 Å². The molecule has 0 aliphatic rings.